The Labute approximate surface area is 122 Å². The second-order valence-corrected chi connectivity index (χ2v) is 7.12. The summed E-state index contributed by atoms with van der Waals surface area (Å²) in [6, 6.07) is -0.134. The highest BCUT2D eigenvalue weighted by molar-refractivity contribution is 5.69. The fourth-order valence-electron chi connectivity index (χ4n) is 2.61. The van der Waals surface area contributed by atoms with Crippen molar-refractivity contribution in [3.63, 3.8) is 0 Å². The molecule has 0 radical (unpaired) electrons. The molecule has 0 aromatic carbocycles. The third-order valence-corrected chi connectivity index (χ3v) is 3.42. The standard InChI is InChI=1S/C15H29NO4/c1-10(2)12(18-8)11-9-19-15(6,7)16(11)13(17)20-14(3,4)5/h10-12H,9H2,1-8H3/t11-,12-/m1/s1. The fraction of sp³-hybridized carbons (Fsp3) is 0.933. The van der Waals surface area contributed by atoms with Crippen LogP contribution < -0.4 is 0 Å². The molecule has 5 nitrogen and oxygen atoms in total. The molecule has 0 aromatic heterocycles. The van der Waals surface area contributed by atoms with Crippen LogP contribution in [0.2, 0.25) is 0 Å². The average molecular weight is 287 g/mol. The number of methoxy groups -OCH3 is 1. The van der Waals surface area contributed by atoms with Crippen LogP contribution in [0.5, 0.6) is 0 Å². The zero-order chi connectivity index (χ0) is 15.7. The van der Waals surface area contributed by atoms with Crippen molar-refractivity contribution in [2.75, 3.05) is 13.7 Å². The monoisotopic (exact) mass is 287 g/mol. The van der Waals surface area contributed by atoms with Crippen molar-refractivity contribution in [2.45, 2.75) is 71.9 Å². The number of amides is 1. The van der Waals surface area contributed by atoms with E-state index in [0.717, 1.165) is 0 Å². The lowest BCUT2D eigenvalue weighted by molar-refractivity contribution is -0.0728. The van der Waals surface area contributed by atoms with Gasteiger partial charge in [0.05, 0.1) is 18.8 Å². The van der Waals surface area contributed by atoms with Gasteiger partial charge in [0.15, 0.2) is 0 Å². The van der Waals surface area contributed by atoms with Gasteiger partial charge in [0, 0.05) is 7.11 Å². The Morgan fingerprint density at radius 1 is 1.35 bits per heavy atom. The predicted molar refractivity (Wildman–Crippen MR) is 77.5 cm³/mol. The van der Waals surface area contributed by atoms with Crippen molar-refractivity contribution in [3.05, 3.63) is 0 Å². The van der Waals surface area contributed by atoms with E-state index < -0.39 is 11.3 Å². The molecule has 2 atom stereocenters. The van der Waals surface area contributed by atoms with E-state index in [9.17, 15) is 4.79 Å². The first-order valence-electron chi connectivity index (χ1n) is 7.18. The first kappa shape index (κ1) is 17.2. The molecule has 1 aliphatic rings. The molecule has 1 fully saturated rings. The Balaban J connectivity index is 2.99. The largest absolute Gasteiger partial charge is 0.444 e. The quantitative estimate of drug-likeness (QED) is 0.800. The van der Waals surface area contributed by atoms with Gasteiger partial charge in [0.1, 0.15) is 11.3 Å². The third-order valence-electron chi connectivity index (χ3n) is 3.42. The summed E-state index contributed by atoms with van der Waals surface area (Å²) in [5.74, 6) is 0.285. The van der Waals surface area contributed by atoms with Crippen LogP contribution in [0, 0.1) is 5.92 Å². The third kappa shape index (κ3) is 3.85. The van der Waals surface area contributed by atoms with Crippen molar-refractivity contribution >= 4 is 6.09 Å². The van der Waals surface area contributed by atoms with Gasteiger partial charge >= 0.3 is 6.09 Å². The number of nitrogens with zero attached hydrogens (tertiary/aromatic N) is 1. The summed E-state index contributed by atoms with van der Waals surface area (Å²) >= 11 is 0. The molecule has 0 N–H and O–H groups in total. The average Bonchev–Trinajstić information content (AvgIpc) is 2.52. The number of hydrogen-bond donors (Lipinski definition) is 0. The number of rotatable bonds is 3. The van der Waals surface area contributed by atoms with Crippen LogP contribution in [-0.2, 0) is 14.2 Å². The van der Waals surface area contributed by atoms with Crippen LogP contribution in [0.3, 0.4) is 0 Å². The molecule has 0 bridgehead atoms. The maximum absolute atomic E-state index is 12.5. The smallest absolute Gasteiger partial charge is 0.412 e. The van der Waals surface area contributed by atoms with Crippen molar-refractivity contribution in [1.29, 1.82) is 0 Å². The Bertz CT molecular complexity index is 346. The summed E-state index contributed by atoms with van der Waals surface area (Å²) < 4.78 is 16.9. The topological polar surface area (TPSA) is 48.0 Å². The fourth-order valence-corrected chi connectivity index (χ4v) is 2.61. The van der Waals surface area contributed by atoms with Gasteiger partial charge in [-0.25, -0.2) is 4.79 Å². The minimum Gasteiger partial charge on any atom is -0.444 e. The molecule has 1 aliphatic heterocycles. The molecule has 0 saturated carbocycles. The van der Waals surface area contributed by atoms with Crippen molar-refractivity contribution in [2.24, 2.45) is 5.92 Å². The van der Waals surface area contributed by atoms with E-state index in [2.05, 4.69) is 13.8 Å². The van der Waals surface area contributed by atoms with E-state index in [1.54, 1.807) is 12.0 Å². The molecule has 5 heteroatoms. The Hall–Kier alpha value is -0.810. The van der Waals surface area contributed by atoms with E-state index in [4.69, 9.17) is 14.2 Å². The van der Waals surface area contributed by atoms with Crippen molar-refractivity contribution < 1.29 is 19.0 Å². The van der Waals surface area contributed by atoms with E-state index in [-0.39, 0.29) is 24.2 Å². The van der Waals surface area contributed by atoms with Gasteiger partial charge in [-0.05, 0) is 40.5 Å². The number of hydrogen-bond acceptors (Lipinski definition) is 4. The van der Waals surface area contributed by atoms with Crippen molar-refractivity contribution in [1.82, 2.24) is 4.90 Å². The zero-order valence-corrected chi connectivity index (χ0v) is 14.0. The maximum Gasteiger partial charge on any atom is 0.412 e. The van der Waals surface area contributed by atoms with Crippen LogP contribution in [-0.4, -0.2) is 48.2 Å². The highest BCUT2D eigenvalue weighted by atomic mass is 16.6. The minimum atomic E-state index is -0.682. The second kappa shape index (κ2) is 5.90. The van der Waals surface area contributed by atoms with Gasteiger partial charge in [-0.2, -0.15) is 0 Å². The summed E-state index contributed by atoms with van der Waals surface area (Å²) in [6.07, 6.45) is -0.433. The molecular weight excluding hydrogens is 258 g/mol. The second-order valence-electron chi connectivity index (χ2n) is 7.12. The van der Waals surface area contributed by atoms with Gasteiger partial charge in [-0.15, -0.1) is 0 Å². The highest BCUT2D eigenvalue weighted by Gasteiger charge is 2.49. The van der Waals surface area contributed by atoms with Crippen LogP contribution in [0.4, 0.5) is 4.79 Å². The predicted octanol–water partition coefficient (Wildman–Crippen LogP) is 3.03. The Morgan fingerprint density at radius 3 is 2.30 bits per heavy atom. The molecule has 1 heterocycles. The minimum absolute atomic E-state index is 0.0794. The summed E-state index contributed by atoms with van der Waals surface area (Å²) in [7, 11) is 1.67. The van der Waals surface area contributed by atoms with Gasteiger partial charge in [0.25, 0.3) is 0 Å². The number of carbonyl (C=O) groups excluding carboxylic acids is 1. The van der Waals surface area contributed by atoms with Crippen molar-refractivity contribution in [3.8, 4) is 0 Å². The van der Waals surface area contributed by atoms with Crippen LogP contribution in [0.15, 0.2) is 0 Å². The molecule has 1 amide bonds. The van der Waals surface area contributed by atoms with Crippen LogP contribution >= 0.6 is 0 Å². The molecule has 0 spiro atoms. The molecular formula is C15H29NO4. The lowest BCUT2D eigenvalue weighted by Gasteiger charge is -2.38. The summed E-state index contributed by atoms with van der Waals surface area (Å²) in [5.41, 5.74) is -1.21. The SMILES string of the molecule is CO[C@H](C(C)C)[C@H]1COC(C)(C)N1C(=O)OC(C)(C)C. The van der Waals surface area contributed by atoms with E-state index in [1.165, 1.54) is 0 Å². The lowest BCUT2D eigenvalue weighted by Crippen LogP contribution is -2.54. The molecule has 0 unspecified atom stereocenters. The molecule has 0 aliphatic carbocycles. The van der Waals surface area contributed by atoms with Gasteiger partial charge in [0.2, 0.25) is 0 Å². The van der Waals surface area contributed by atoms with Gasteiger partial charge in [-0.3, -0.25) is 4.90 Å². The van der Waals surface area contributed by atoms with Crippen LogP contribution in [0.25, 0.3) is 0 Å². The molecule has 20 heavy (non-hydrogen) atoms. The summed E-state index contributed by atoms with van der Waals surface area (Å²) in [6.45, 7) is 14.0. The first-order valence-corrected chi connectivity index (χ1v) is 7.18. The first-order chi connectivity index (χ1) is 8.99. The summed E-state index contributed by atoms with van der Waals surface area (Å²) in [4.78, 5) is 14.2. The zero-order valence-electron chi connectivity index (χ0n) is 14.0. The lowest BCUT2D eigenvalue weighted by atomic mass is 9.98. The molecule has 1 rings (SSSR count). The Morgan fingerprint density at radius 2 is 1.90 bits per heavy atom. The number of carbonyl (C=O) groups is 1. The van der Waals surface area contributed by atoms with E-state index in [0.29, 0.717) is 6.61 Å². The summed E-state index contributed by atoms with van der Waals surface area (Å²) in [5, 5.41) is 0. The maximum atomic E-state index is 12.5. The molecule has 0 aromatic rings. The van der Waals surface area contributed by atoms with Crippen LogP contribution in [0.1, 0.15) is 48.5 Å². The van der Waals surface area contributed by atoms with E-state index >= 15 is 0 Å². The van der Waals surface area contributed by atoms with Gasteiger partial charge < -0.3 is 14.2 Å². The molecule has 118 valence electrons. The normalized spacial score (nSPS) is 24.1. The Kier molecular flexibility index (Phi) is 5.08. The molecule has 1 saturated heterocycles. The number of ether oxygens (including phenoxy) is 3. The highest BCUT2D eigenvalue weighted by Crippen LogP contribution is 2.33. The van der Waals surface area contributed by atoms with Gasteiger partial charge in [-0.1, -0.05) is 13.8 Å². The van der Waals surface area contributed by atoms with E-state index in [1.807, 2.05) is 34.6 Å².